The van der Waals surface area contributed by atoms with E-state index in [1.54, 1.807) is 66.7 Å². The van der Waals surface area contributed by atoms with Crippen molar-refractivity contribution in [2.45, 2.75) is 30.2 Å². The van der Waals surface area contributed by atoms with Gasteiger partial charge in [-0.1, -0.05) is 50.1 Å². The number of amides is 2. The number of nitrogens with zero attached hydrogens (tertiary/aromatic N) is 1. The van der Waals surface area contributed by atoms with Crippen molar-refractivity contribution >= 4 is 59.4 Å². The van der Waals surface area contributed by atoms with Gasteiger partial charge in [0, 0.05) is 39.3 Å². The molecule has 188 valence electrons. The molecule has 4 rings (SSSR count). The average molecular weight is 635 g/mol. The number of nitrogens with one attached hydrogen (secondary N) is 2. The van der Waals surface area contributed by atoms with Gasteiger partial charge in [0.15, 0.2) is 0 Å². The van der Waals surface area contributed by atoms with Crippen LogP contribution in [0.5, 0.6) is 0 Å². The number of rotatable bonds is 7. The molecule has 0 radical (unpaired) electrons. The van der Waals surface area contributed by atoms with Crippen LogP contribution in [0.15, 0.2) is 86.6 Å². The molecule has 0 aromatic heterocycles. The minimum atomic E-state index is -3.62. The number of piperidine rings is 1. The van der Waals surface area contributed by atoms with Crippen LogP contribution in [0.25, 0.3) is 0 Å². The maximum Gasteiger partial charge on any atom is 0.255 e. The Morgan fingerprint density at radius 2 is 1.67 bits per heavy atom. The van der Waals surface area contributed by atoms with Gasteiger partial charge in [-0.2, -0.15) is 4.31 Å². The molecule has 2 N–H and O–H groups in total. The summed E-state index contributed by atoms with van der Waals surface area (Å²) in [5, 5.41) is 5.82. The predicted octanol–water partition coefficient (Wildman–Crippen LogP) is 4.98. The Morgan fingerprint density at radius 3 is 2.36 bits per heavy atom. The van der Waals surface area contributed by atoms with E-state index in [1.807, 2.05) is 6.07 Å². The minimum absolute atomic E-state index is 0.163. The molecular weight excluding hydrogens is 610 g/mol. The third kappa shape index (κ3) is 6.82. The summed E-state index contributed by atoms with van der Waals surface area (Å²) in [5.74, 6) is -0.393. The first-order valence-corrected chi connectivity index (χ1v) is 14.4. The number of anilines is 1. The lowest BCUT2D eigenvalue weighted by atomic mass is 10.1. The van der Waals surface area contributed by atoms with E-state index in [0.717, 1.165) is 20.9 Å². The molecule has 0 aliphatic carbocycles. The van der Waals surface area contributed by atoms with E-state index in [2.05, 4.69) is 42.5 Å². The predicted molar refractivity (Wildman–Crippen MR) is 146 cm³/mol. The Bertz CT molecular complexity index is 1350. The van der Waals surface area contributed by atoms with Gasteiger partial charge in [-0.15, -0.1) is 0 Å². The van der Waals surface area contributed by atoms with E-state index in [-0.39, 0.29) is 35.7 Å². The number of hydrogen-bond donors (Lipinski definition) is 2. The first-order valence-electron chi connectivity index (χ1n) is 11.4. The van der Waals surface area contributed by atoms with Gasteiger partial charge in [0.05, 0.1) is 11.3 Å². The highest BCUT2D eigenvalue weighted by molar-refractivity contribution is 9.10. The summed E-state index contributed by atoms with van der Waals surface area (Å²) in [6, 6.07) is 20.5. The molecule has 2 amide bonds. The van der Waals surface area contributed by atoms with Gasteiger partial charge >= 0.3 is 0 Å². The minimum Gasteiger partial charge on any atom is -0.352 e. The topological polar surface area (TPSA) is 95.6 Å². The highest BCUT2D eigenvalue weighted by Gasteiger charge is 2.30. The molecule has 3 aromatic rings. The quantitative estimate of drug-likeness (QED) is 0.383. The number of benzene rings is 3. The van der Waals surface area contributed by atoms with Crippen LogP contribution in [0.2, 0.25) is 0 Å². The summed E-state index contributed by atoms with van der Waals surface area (Å²) in [6.45, 7) is 0.669. The lowest BCUT2D eigenvalue weighted by molar-refractivity contribution is -0.121. The molecule has 1 heterocycles. The second-order valence-corrected chi connectivity index (χ2v) is 12.3. The highest BCUT2D eigenvalue weighted by Crippen LogP contribution is 2.23. The largest absolute Gasteiger partial charge is 0.352 e. The molecule has 0 spiro atoms. The second-order valence-electron chi connectivity index (χ2n) is 8.56. The van der Waals surface area contributed by atoms with Crippen molar-refractivity contribution in [1.29, 1.82) is 0 Å². The molecule has 1 saturated heterocycles. The maximum absolute atomic E-state index is 13.0. The summed E-state index contributed by atoms with van der Waals surface area (Å²) in [6.07, 6.45) is 1.56. The van der Waals surface area contributed by atoms with Crippen LogP contribution in [-0.2, 0) is 21.2 Å². The summed E-state index contributed by atoms with van der Waals surface area (Å²) < 4.78 is 29.1. The zero-order valence-electron chi connectivity index (χ0n) is 19.3. The van der Waals surface area contributed by atoms with E-state index in [4.69, 9.17) is 0 Å². The van der Waals surface area contributed by atoms with Crippen molar-refractivity contribution in [2.75, 3.05) is 18.4 Å². The first-order chi connectivity index (χ1) is 17.2. The Balaban J connectivity index is 1.31. The standard InChI is InChI=1S/C26H25Br2N3O4S/c27-20-8-12-24(13-9-20)36(34,35)31-14-2-5-23(17-31)29-25(32)15-18-6-10-22(11-7-18)30-26(33)19-3-1-4-21(28)16-19/h1,3-4,6-13,16,23H,2,5,14-15,17H2,(H,29,32)(H,30,33). The summed E-state index contributed by atoms with van der Waals surface area (Å²) in [4.78, 5) is 25.3. The van der Waals surface area contributed by atoms with Gasteiger partial charge in [-0.05, 0) is 73.0 Å². The van der Waals surface area contributed by atoms with E-state index < -0.39 is 10.0 Å². The fourth-order valence-corrected chi connectivity index (χ4v) is 6.22. The van der Waals surface area contributed by atoms with Crippen molar-refractivity contribution in [3.8, 4) is 0 Å². The molecule has 0 bridgehead atoms. The Morgan fingerprint density at radius 1 is 0.944 bits per heavy atom. The van der Waals surface area contributed by atoms with Gasteiger partial charge in [-0.25, -0.2) is 8.42 Å². The first kappa shape index (κ1) is 26.5. The van der Waals surface area contributed by atoms with E-state index in [1.165, 1.54) is 4.31 Å². The summed E-state index contributed by atoms with van der Waals surface area (Å²) in [7, 11) is -3.62. The smallest absolute Gasteiger partial charge is 0.255 e. The van der Waals surface area contributed by atoms with Crippen molar-refractivity contribution in [3.05, 3.63) is 92.9 Å². The molecule has 3 aromatic carbocycles. The third-order valence-electron chi connectivity index (χ3n) is 5.86. The molecule has 1 fully saturated rings. The Hall–Kier alpha value is -2.53. The zero-order chi connectivity index (χ0) is 25.7. The molecule has 0 saturated carbocycles. The highest BCUT2D eigenvalue weighted by atomic mass is 79.9. The summed E-state index contributed by atoms with van der Waals surface area (Å²) >= 11 is 6.68. The third-order valence-corrected chi connectivity index (χ3v) is 8.77. The molecular formula is C26H25Br2N3O4S. The van der Waals surface area contributed by atoms with Gasteiger partial charge in [0.25, 0.3) is 5.91 Å². The van der Waals surface area contributed by atoms with Crippen molar-refractivity contribution in [3.63, 3.8) is 0 Å². The number of carbonyl (C=O) groups is 2. The van der Waals surface area contributed by atoms with Gasteiger partial charge in [-0.3, -0.25) is 9.59 Å². The van der Waals surface area contributed by atoms with Crippen LogP contribution in [0.4, 0.5) is 5.69 Å². The second kappa shape index (κ2) is 11.7. The lowest BCUT2D eigenvalue weighted by Gasteiger charge is -2.32. The molecule has 1 atom stereocenters. The number of sulfonamides is 1. The fraction of sp³-hybridized carbons (Fsp3) is 0.231. The molecule has 7 nitrogen and oxygen atoms in total. The van der Waals surface area contributed by atoms with Gasteiger partial charge in [0.1, 0.15) is 0 Å². The number of hydrogen-bond acceptors (Lipinski definition) is 4. The Kier molecular flexibility index (Phi) is 8.61. The Labute approximate surface area is 227 Å². The zero-order valence-corrected chi connectivity index (χ0v) is 23.3. The number of carbonyl (C=O) groups excluding carboxylic acids is 2. The molecule has 1 aliphatic heterocycles. The molecule has 36 heavy (non-hydrogen) atoms. The van der Waals surface area contributed by atoms with Gasteiger partial charge in [0.2, 0.25) is 15.9 Å². The fourth-order valence-electron chi connectivity index (χ4n) is 4.04. The molecule has 1 unspecified atom stereocenters. The monoisotopic (exact) mass is 633 g/mol. The molecule has 10 heteroatoms. The van der Waals surface area contributed by atoms with Crippen LogP contribution >= 0.6 is 31.9 Å². The van der Waals surface area contributed by atoms with Gasteiger partial charge < -0.3 is 10.6 Å². The van der Waals surface area contributed by atoms with Crippen LogP contribution in [-0.4, -0.2) is 43.7 Å². The van der Waals surface area contributed by atoms with Crippen molar-refractivity contribution < 1.29 is 18.0 Å². The van der Waals surface area contributed by atoms with E-state index in [0.29, 0.717) is 24.2 Å². The number of halogens is 2. The van der Waals surface area contributed by atoms with E-state index in [9.17, 15) is 18.0 Å². The van der Waals surface area contributed by atoms with Crippen LogP contribution in [0.1, 0.15) is 28.8 Å². The van der Waals surface area contributed by atoms with E-state index >= 15 is 0 Å². The van der Waals surface area contributed by atoms with Crippen molar-refractivity contribution in [2.24, 2.45) is 0 Å². The summed E-state index contributed by atoms with van der Waals surface area (Å²) in [5.41, 5.74) is 1.96. The maximum atomic E-state index is 13.0. The van der Waals surface area contributed by atoms with Crippen molar-refractivity contribution in [1.82, 2.24) is 9.62 Å². The SMILES string of the molecule is O=C(Cc1ccc(NC(=O)c2cccc(Br)c2)cc1)NC1CCCN(S(=O)(=O)c2ccc(Br)cc2)C1. The normalized spacial score (nSPS) is 16.3. The average Bonchev–Trinajstić information content (AvgIpc) is 2.85. The van der Waals surface area contributed by atoms with Crippen LogP contribution < -0.4 is 10.6 Å². The van der Waals surface area contributed by atoms with Crippen LogP contribution in [0, 0.1) is 0 Å². The van der Waals surface area contributed by atoms with Crippen LogP contribution in [0.3, 0.4) is 0 Å². The molecule has 1 aliphatic rings. The lowest BCUT2D eigenvalue weighted by Crippen LogP contribution is -2.49.